The number of unbranched alkanes of at least 4 members (excludes halogenated alkanes) is 2. The van der Waals surface area contributed by atoms with Crippen molar-refractivity contribution >= 4 is 29.6 Å². The first-order valence-corrected chi connectivity index (χ1v) is 2.21. The fourth-order valence-electron chi connectivity index (χ4n) is 0.250. The van der Waals surface area contributed by atoms with Crippen molar-refractivity contribution in [3.05, 3.63) is 6.92 Å². The maximum Gasteiger partial charge on any atom is 1.00 e. The Morgan fingerprint density at radius 1 is 1.43 bits per heavy atom. The summed E-state index contributed by atoms with van der Waals surface area (Å²) in [6, 6.07) is 0. The van der Waals surface area contributed by atoms with E-state index in [9.17, 15) is 0 Å². The summed E-state index contributed by atoms with van der Waals surface area (Å²) < 4.78 is 0. The van der Waals surface area contributed by atoms with Gasteiger partial charge in [0, 0.05) is 29.6 Å². The Kier molecular flexibility index (Phi) is 35.8. The van der Waals surface area contributed by atoms with Crippen LogP contribution in [0.1, 0.15) is 26.2 Å². The fourth-order valence-corrected chi connectivity index (χ4v) is 0.250. The predicted octanol–water partition coefficient (Wildman–Crippen LogP) is -1.37. The third-order valence-corrected chi connectivity index (χ3v) is 0.604. The van der Waals surface area contributed by atoms with Crippen LogP contribution in [0.15, 0.2) is 0 Å². The number of rotatable bonds is 2. The van der Waals surface area contributed by atoms with E-state index in [0.717, 1.165) is 6.42 Å². The quantitative estimate of drug-likeness (QED) is 0.309. The van der Waals surface area contributed by atoms with Gasteiger partial charge in [-0.05, 0) is 0 Å². The summed E-state index contributed by atoms with van der Waals surface area (Å²) in [4.78, 5) is 0. The third kappa shape index (κ3) is 18.0. The first-order chi connectivity index (χ1) is 2.41. The Morgan fingerprint density at radius 2 is 1.86 bits per heavy atom. The molecule has 0 aromatic rings. The topological polar surface area (TPSA) is 0 Å². The average Bonchev–Trinajstić information content (AvgIpc) is 1.41. The van der Waals surface area contributed by atoms with E-state index in [-0.39, 0.29) is 59.1 Å². The summed E-state index contributed by atoms with van der Waals surface area (Å²) in [5, 5.41) is 0. The molecule has 0 N–H and O–H groups in total. The second kappa shape index (κ2) is 15.7. The zero-order chi connectivity index (χ0) is 4.12. The van der Waals surface area contributed by atoms with E-state index in [4.69, 9.17) is 0 Å². The summed E-state index contributed by atoms with van der Waals surface area (Å²) in [6.45, 7) is 5.85. The van der Waals surface area contributed by atoms with Gasteiger partial charge in [0.2, 0.25) is 0 Å². The van der Waals surface area contributed by atoms with Gasteiger partial charge in [-0.2, -0.15) is 6.42 Å². The Balaban J connectivity index is -0.0000000800. The van der Waals surface area contributed by atoms with Gasteiger partial charge in [-0.3, -0.25) is 0 Å². The molecule has 0 amide bonds. The molecule has 0 bridgehead atoms. The van der Waals surface area contributed by atoms with Gasteiger partial charge in [0.05, 0.1) is 0 Å². The van der Waals surface area contributed by atoms with Crippen LogP contribution in [-0.4, -0.2) is 29.6 Å². The summed E-state index contributed by atoms with van der Waals surface area (Å²) in [5.41, 5.74) is 0. The van der Waals surface area contributed by atoms with Crippen LogP contribution in [0.25, 0.3) is 0 Å². The molecule has 0 heterocycles. The molecular formula is C5H11Na2. The number of hydrogen-bond donors (Lipinski definition) is 0. The Hall–Kier alpha value is 2.00. The molecule has 0 rings (SSSR count). The van der Waals surface area contributed by atoms with Gasteiger partial charge >= 0.3 is 29.6 Å². The van der Waals surface area contributed by atoms with Crippen LogP contribution in [0, 0.1) is 6.92 Å². The Labute approximate surface area is 91.0 Å². The summed E-state index contributed by atoms with van der Waals surface area (Å²) in [6.07, 6.45) is 3.65. The molecule has 0 aromatic heterocycles. The molecule has 0 unspecified atom stereocenters. The summed E-state index contributed by atoms with van der Waals surface area (Å²) in [5.74, 6) is 0. The van der Waals surface area contributed by atoms with Crippen LogP contribution in [0.5, 0.6) is 0 Å². The second-order valence-corrected chi connectivity index (χ2v) is 1.21. The summed E-state index contributed by atoms with van der Waals surface area (Å²) in [7, 11) is 0. The minimum Gasteiger partial charge on any atom is -0.343 e. The average molecular weight is 117 g/mol. The maximum absolute atomic E-state index is 3.68. The van der Waals surface area contributed by atoms with Crippen LogP contribution < -0.4 is 29.6 Å². The first-order valence-electron chi connectivity index (χ1n) is 2.21. The zero-order valence-electron chi connectivity index (χ0n) is 5.83. The largest absolute Gasteiger partial charge is 1.00 e. The minimum atomic E-state index is 0. The van der Waals surface area contributed by atoms with E-state index in [0.29, 0.717) is 0 Å². The smallest absolute Gasteiger partial charge is 0.343 e. The molecule has 0 saturated heterocycles. The molecule has 1 radical (unpaired) electrons. The molecule has 0 aliphatic carbocycles. The Morgan fingerprint density at radius 3 is 1.86 bits per heavy atom. The standard InChI is InChI=1S/C5H11.2Na/c1-3-5-4-2;;/h1,3-5H2,2H3;;/q-1;;+1. The SMILES string of the molecule is [CH2-]CCCC.[Na+].[Na]. The molecular weight excluding hydrogens is 106 g/mol. The first kappa shape index (κ1) is 16.0. The summed E-state index contributed by atoms with van der Waals surface area (Å²) >= 11 is 0. The van der Waals surface area contributed by atoms with Crippen LogP contribution in [0.3, 0.4) is 0 Å². The van der Waals surface area contributed by atoms with Gasteiger partial charge < -0.3 is 6.92 Å². The van der Waals surface area contributed by atoms with Crippen molar-refractivity contribution in [2.24, 2.45) is 0 Å². The molecule has 0 aliphatic rings. The molecule has 2 heteroatoms. The molecule has 0 nitrogen and oxygen atoms in total. The van der Waals surface area contributed by atoms with Gasteiger partial charge in [0.25, 0.3) is 0 Å². The number of hydrogen-bond acceptors (Lipinski definition) is 0. The van der Waals surface area contributed by atoms with Crippen LogP contribution in [-0.2, 0) is 0 Å². The van der Waals surface area contributed by atoms with Crippen molar-refractivity contribution in [3.63, 3.8) is 0 Å². The van der Waals surface area contributed by atoms with E-state index < -0.39 is 0 Å². The van der Waals surface area contributed by atoms with Crippen LogP contribution in [0.4, 0.5) is 0 Å². The molecule has 0 aromatic carbocycles. The second-order valence-electron chi connectivity index (χ2n) is 1.21. The van der Waals surface area contributed by atoms with Crippen LogP contribution in [0.2, 0.25) is 0 Å². The van der Waals surface area contributed by atoms with E-state index in [1.54, 1.807) is 0 Å². The van der Waals surface area contributed by atoms with Crippen molar-refractivity contribution in [1.82, 2.24) is 0 Å². The molecule has 7 heavy (non-hydrogen) atoms. The maximum atomic E-state index is 3.68. The Bertz CT molecular complexity index is 13.6. The molecule has 0 saturated carbocycles. The third-order valence-electron chi connectivity index (χ3n) is 0.604. The molecule has 0 spiro atoms. The van der Waals surface area contributed by atoms with E-state index >= 15 is 0 Å². The fraction of sp³-hybridized carbons (Fsp3) is 0.800. The van der Waals surface area contributed by atoms with E-state index in [1.165, 1.54) is 12.8 Å². The predicted molar refractivity (Wildman–Crippen MR) is 30.6 cm³/mol. The van der Waals surface area contributed by atoms with Crippen molar-refractivity contribution in [1.29, 1.82) is 0 Å². The monoisotopic (exact) mass is 117 g/mol. The van der Waals surface area contributed by atoms with Gasteiger partial charge in [-0.15, -0.1) is 0 Å². The normalized spacial score (nSPS) is 6.00. The van der Waals surface area contributed by atoms with Crippen molar-refractivity contribution < 1.29 is 29.6 Å². The van der Waals surface area contributed by atoms with Crippen molar-refractivity contribution in [2.45, 2.75) is 26.2 Å². The van der Waals surface area contributed by atoms with Crippen LogP contribution >= 0.6 is 0 Å². The van der Waals surface area contributed by atoms with Crippen molar-refractivity contribution in [2.75, 3.05) is 0 Å². The molecule has 0 atom stereocenters. The molecule has 33 valence electrons. The van der Waals surface area contributed by atoms with Gasteiger partial charge in [0.15, 0.2) is 0 Å². The van der Waals surface area contributed by atoms with Gasteiger partial charge in [0.1, 0.15) is 0 Å². The van der Waals surface area contributed by atoms with Crippen molar-refractivity contribution in [3.8, 4) is 0 Å². The van der Waals surface area contributed by atoms with Gasteiger partial charge in [-0.25, -0.2) is 0 Å². The molecule has 0 fully saturated rings. The van der Waals surface area contributed by atoms with E-state index in [2.05, 4.69) is 13.8 Å². The van der Waals surface area contributed by atoms with Gasteiger partial charge in [-0.1, -0.05) is 19.8 Å². The zero-order valence-corrected chi connectivity index (χ0v) is 9.83. The van der Waals surface area contributed by atoms with E-state index in [1.807, 2.05) is 0 Å². The minimum absolute atomic E-state index is 0. The molecule has 0 aliphatic heterocycles.